The van der Waals surface area contributed by atoms with Gasteiger partial charge in [0.2, 0.25) is 0 Å². The second-order valence-corrected chi connectivity index (χ2v) is 6.81. The van der Waals surface area contributed by atoms with E-state index in [1.807, 2.05) is 6.07 Å². The fraction of sp³-hybridized carbons (Fsp3) is 0.632. The maximum Gasteiger partial charge on any atom is 0.251 e. The average Bonchev–Trinajstić information content (AvgIpc) is 3.22. The summed E-state index contributed by atoms with van der Waals surface area (Å²) in [7, 11) is 0. The molecule has 1 amide bonds. The maximum absolute atomic E-state index is 12.2. The molecule has 1 saturated heterocycles. The van der Waals surface area contributed by atoms with Crippen molar-refractivity contribution in [2.45, 2.75) is 51.0 Å². The number of nitrogens with one attached hydrogen (secondary N) is 1. The minimum atomic E-state index is 0.0501. The van der Waals surface area contributed by atoms with Gasteiger partial charge < -0.3 is 10.4 Å². The summed E-state index contributed by atoms with van der Waals surface area (Å²) in [6.45, 7) is 3.13. The molecule has 1 atom stereocenters. The van der Waals surface area contributed by atoms with E-state index >= 15 is 0 Å². The Balaban J connectivity index is 1.36. The molecule has 2 N–H and O–H groups in total. The third kappa shape index (κ3) is 4.12. The van der Waals surface area contributed by atoms with Crippen LogP contribution in [-0.4, -0.2) is 48.2 Å². The first-order valence-corrected chi connectivity index (χ1v) is 9.03. The van der Waals surface area contributed by atoms with Crippen molar-refractivity contribution in [3.8, 4) is 0 Å². The van der Waals surface area contributed by atoms with Crippen LogP contribution in [0.1, 0.15) is 53.6 Å². The molecule has 2 aliphatic rings. The van der Waals surface area contributed by atoms with Crippen LogP contribution in [0.3, 0.4) is 0 Å². The number of aliphatic hydroxyl groups is 1. The number of carbonyl (C=O) groups excluding carboxylic acids is 1. The molecule has 126 valence electrons. The monoisotopic (exact) mass is 316 g/mol. The van der Waals surface area contributed by atoms with Gasteiger partial charge in [-0.05, 0) is 81.3 Å². The van der Waals surface area contributed by atoms with E-state index < -0.39 is 0 Å². The summed E-state index contributed by atoms with van der Waals surface area (Å²) in [6.07, 6.45) is 7.85. The first-order chi connectivity index (χ1) is 11.3. The molecule has 1 aliphatic heterocycles. The molecule has 1 unspecified atom stereocenters. The number of benzene rings is 1. The Labute approximate surface area is 138 Å². The summed E-state index contributed by atoms with van der Waals surface area (Å²) in [6, 6.07) is 6.49. The zero-order chi connectivity index (χ0) is 16.1. The van der Waals surface area contributed by atoms with Crippen molar-refractivity contribution in [2.24, 2.45) is 0 Å². The van der Waals surface area contributed by atoms with Crippen molar-refractivity contribution in [2.75, 3.05) is 26.2 Å². The topological polar surface area (TPSA) is 52.6 Å². The first kappa shape index (κ1) is 16.5. The van der Waals surface area contributed by atoms with E-state index in [0.717, 1.165) is 57.3 Å². The Morgan fingerprint density at radius 2 is 2.09 bits per heavy atom. The third-order valence-electron chi connectivity index (χ3n) is 5.23. The second-order valence-electron chi connectivity index (χ2n) is 6.81. The summed E-state index contributed by atoms with van der Waals surface area (Å²) in [5.74, 6) is 0.0501. The van der Waals surface area contributed by atoms with Gasteiger partial charge in [-0.15, -0.1) is 0 Å². The van der Waals surface area contributed by atoms with Crippen molar-refractivity contribution < 1.29 is 9.90 Å². The molecule has 4 nitrogen and oxygen atoms in total. The van der Waals surface area contributed by atoms with E-state index in [9.17, 15) is 9.90 Å². The molecular formula is C19H28N2O2. The van der Waals surface area contributed by atoms with Crippen LogP contribution >= 0.6 is 0 Å². The highest BCUT2D eigenvalue weighted by atomic mass is 16.3. The van der Waals surface area contributed by atoms with Gasteiger partial charge in [-0.25, -0.2) is 0 Å². The van der Waals surface area contributed by atoms with E-state index in [1.165, 1.54) is 24.0 Å². The molecular weight excluding hydrogens is 288 g/mol. The van der Waals surface area contributed by atoms with Gasteiger partial charge in [0, 0.05) is 18.2 Å². The predicted octanol–water partition coefficient (Wildman–Crippen LogP) is 2.14. The molecule has 23 heavy (non-hydrogen) atoms. The molecule has 1 heterocycles. The van der Waals surface area contributed by atoms with Crippen molar-refractivity contribution >= 4 is 5.91 Å². The van der Waals surface area contributed by atoms with Crippen LogP contribution in [0, 0.1) is 0 Å². The molecule has 1 aliphatic carbocycles. The van der Waals surface area contributed by atoms with E-state index in [2.05, 4.69) is 22.3 Å². The van der Waals surface area contributed by atoms with Crippen molar-refractivity contribution in [1.82, 2.24) is 10.2 Å². The van der Waals surface area contributed by atoms with E-state index in [-0.39, 0.29) is 12.5 Å². The number of unbranched alkanes of at least 4 members (excludes halogenated alkanes) is 1. The largest absolute Gasteiger partial charge is 0.395 e. The first-order valence-electron chi connectivity index (χ1n) is 9.03. The quantitative estimate of drug-likeness (QED) is 0.758. The highest BCUT2D eigenvalue weighted by Gasteiger charge is 2.22. The molecule has 0 bridgehead atoms. The highest BCUT2D eigenvalue weighted by Crippen LogP contribution is 2.22. The summed E-state index contributed by atoms with van der Waals surface area (Å²) in [5.41, 5.74) is 3.55. The number of hydrogen-bond donors (Lipinski definition) is 2. The van der Waals surface area contributed by atoms with Gasteiger partial charge in [0.1, 0.15) is 0 Å². The Hall–Kier alpha value is -1.39. The Morgan fingerprint density at radius 3 is 2.96 bits per heavy atom. The van der Waals surface area contributed by atoms with Crippen LogP contribution in [0.2, 0.25) is 0 Å². The number of amides is 1. The number of carbonyl (C=O) groups is 1. The lowest BCUT2D eigenvalue weighted by Gasteiger charge is -2.22. The second kappa shape index (κ2) is 7.93. The van der Waals surface area contributed by atoms with Crippen molar-refractivity contribution in [3.05, 3.63) is 34.9 Å². The molecule has 3 rings (SSSR count). The molecule has 0 saturated carbocycles. The molecule has 0 radical (unpaired) electrons. The summed E-state index contributed by atoms with van der Waals surface area (Å²) >= 11 is 0. The smallest absolute Gasteiger partial charge is 0.251 e. The van der Waals surface area contributed by atoms with E-state index in [1.54, 1.807) is 0 Å². The molecule has 0 spiro atoms. The fourth-order valence-electron chi connectivity index (χ4n) is 3.85. The van der Waals surface area contributed by atoms with Crippen LogP contribution in [-0.2, 0) is 12.8 Å². The SMILES string of the molecule is O=C(NCCCCN1CCCC1CO)c1ccc2c(c1)CCC2. The lowest BCUT2D eigenvalue weighted by atomic mass is 10.1. The molecule has 1 fully saturated rings. The molecule has 4 heteroatoms. The van der Waals surface area contributed by atoms with Gasteiger partial charge in [0.15, 0.2) is 0 Å². The minimum Gasteiger partial charge on any atom is -0.395 e. The van der Waals surface area contributed by atoms with Gasteiger partial charge in [-0.1, -0.05) is 6.07 Å². The van der Waals surface area contributed by atoms with Crippen LogP contribution in [0.25, 0.3) is 0 Å². The molecule has 1 aromatic rings. The van der Waals surface area contributed by atoms with Gasteiger partial charge in [0.05, 0.1) is 6.61 Å². The molecule has 0 aromatic heterocycles. The van der Waals surface area contributed by atoms with Gasteiger partial charge in [-0.2, -0.15) is 0 Å². The number of likely N-dealkylation sites (tertiary alicyclic amines) is 1. The number of hydrogen-bond acceptors (Lipinski definition) is 3. The van der Waals surface area contributed by atoms with Gasteiger partial charge >= 0.3 is 0 Å². The van der Waals surface area contributed by atoms with Crippen LogP contribution in [0.15, 0.2) is 18.2 Å². The zero-order valence-corrected chi connectivity index (χ0v) is 13.9. The molecule has 1 aromatic carbocycles. The summed E-state index contributed by atoms with van der Waals surface area (Å²) in [5, 5.41) is 12.3. The van der Waals surface area contributed by atoms with Crippen LogP contribution < -0.4 is 5.32 Å². The third-order valence-corrected chi connectivity index (χ3v) is 5.23. The normalized spacial score (nSPS) is 20.7. The van der Waals surface area contributed by atoms with Crippen LogP contribution in [0.5, 0.6) is 0 Å². The Bertz CT molecular complexity index is 544. The number of rotatable bonds is 7. The van der Waals surface area contributed by atoms with Gasteiger partial charge in [0.25, 0.3) is 5.91 Å². The average molecular weight is 316 g/mol. The number of nitrogens with zero attached hydrogens (tertiary/aromatic N) is 1. The van der Waals surface area contributed by atoms with Gasteiger partial charge in [-0.3, -0.25) is 9.69 Å². The fourth-order valence-corrected chi connectivity index (χ4v) is 3.85. The predicted molar refractivity (Wildman–Crippen MR) is 91.7 cm³/mol. The Morgan fingerprint density at radius 1 is 1.22 bits per heavy atom. The Kier molecular flexibility index (Phi) is 5.68. The standard InChI is InChI=1S/C19H28N2O2/c22-14-18-7-4-12-21(18)11-2-1-10-20-19(23)17-9-8-15-5-3-6-16(15)13-17/h8-9,13,18,22H,1-7,10-12,14H2,(H,20,23). The minimum absolute atomic E-state index is 0.0501. The summed E-state index contributed by atoms with van der Waals surface area (Å²) in [4.78, 5) is 14.6. The van der Waals surface area contributed by atoms with Crippen molar-refractivity contribution in [3.63, 3.8) is 0 Å². The van der Waals surface area contributed by atoms with E-state index in [4.69, 9.17) is 0 Å². The van der Waals surface area contributed by atoms with Crippen LogP contribution in [0.4, 0.5) is 0 Å². The lowest BCUT2D eigenvalue weighted by molar-refractivity contribution is 0.0952. The number of fused-ring (bicyclic) bond motifs is 1. The highest BCUT2D eigenvalue weighted by molar-refractivity contribution is 5.94. The summed E-state index contributed by atoms with van der Waals surface area (Å²) < 4.78 is 0. The van der Waals surface area contributed by atoms with E-state index in [0.29, 0.717) is 6.04 Å². The van der Waals surface area contributed by atoms with Crippen molar-refractivity contribution in [1.29, 1.82) is 0 Å². The lowest BCUT2D eigenvalue weighted by Crippen LogP contribution is -2.33. The number of aryl methyl sites for hydroxylation is 2. The number of aliphatic hydroxyl groups excluding tert-OH is 1. The maximum atomic E-state index is 12.2. The zero-order valence-electron chi connectivity index (χ0n) is 13.9.